The molecule has 0 rings (SSSR count). The lowest BCUT2D eigenvalue weighted by molar-refractivity contribution is -0.126. The van der Waals surface area contributed by atoms with Crippen LogP contribution >= 0.6 is 0 Å². The van der Waals surface area contributed by atoms with Gasteiger partial charge in [0.1, 0.15) is 19.3 Å². The predicted octanol–water partition coefficient (Wildman–Crippen LogP) is 0.603. The van der Waals surface area contributed by atoms with Gasteiger partial charge in [0.25, 0.3) is 0 Å². The molecular formula is C11H20O5. The third kappa shape index (κ3) is 9.76. The zero-order valence-electron chi connectivity index (χ0n) is 10.2. The number of hydrogen-bond acceptors (Lipinski definition) is 5. The minimum atomic E-state index is -0.233. The second kappa shape index (κ2) is 9.45. The lowest BCUT2D eigenvalue weighted by atomic mass is 10.4. The van der Waals surface area contributed by atoms with E-state index in [1.54, 1.807) is 0 Å². The van der Waals surface area contributed by atoms with Crippen LogP contribution in [-0.2, 0) is 23.8 Å². The number of Topliss-reactive ketones (excluding diaryl/α,β-unsaturated/α-hetero) is 2. The summed E-state index contributed by atoms with van der Waals surface area (Å²) >= 11 is 0. The number of carbonyl (C=O) groups is 2. The third-order valence-electron chi connectivity index (χ3n) is 1.62. The molecule has 16 heavy (non-hydrogen) atoms. The monoisotopic (exact) mass is 232 g/mol. The smallest absolute Gasteiger partial charge is 0.155 e. The van der Waals surface area contributed by atoms with E-state index in [1.165, 1.54) is 13.8 Å². The van der Waals surface area contributed by atoms with E-state index in [1.807, 2.05) is 6.92 Å². The predicted molar refractivity (Wildman–Crippen MR) is 58.4 cm³/mol. The van der Waals surface area contributed by atoms with Crippen molar-refractivity contribution in [2.45, 2.75) is 26.9 Å². The zero-order chi connectivity index (χ0) is 12.4. The van der Waals surface area contributed by atoms with Gasteiger partial charge in [-0.1, -0.05) is 0 Å². The average Bonchev–Trinajstić information content (AvgIpc) is 2.16. The van der Waals surface area contributed by atoms with E-state index in [0.717, 1.165) is 0 Å². The van der Waals surface area contributed by atoms with Gasteiger partial charge in [0.15, 0.2) is 11.6 Å². The Balaban J connectivity index is 3.69. The number of carbonyl (C=O) groups excluding carboxylic acids is 2. The molecule has 94 valence electrons. The van der Waals surface area contributed by atoms with Gasteiger partial charge in [0.2, 0.25) is 0 Å². The first-order chi connectivity index (χ1) is 7.56. The van der Waals surface area contributed by atoms with Gasteiger partial charge < -0.3 is 14.2 Å². The van der Waals surface area contributed by atoms with Gasteiger partial charge in [-0.05, 0) is 20.8 Å². The Morgan fingerprint density at radius 2 is 1.44 bits per heavy atom. The third-order valence-corrected chi connectivity index (χ3v) is 1.62. The first kappa shape index (κ1) is 15.2. The summed E-state index contributed by atoms with van der Waals surface area (Å²) in [5.74, 6) is -0.0557. The Morgan fingerprint density at radius 1 is 1.00 bits per heavy atom. The maximum Gasteiger partial charge on any atom is 0.155 e. The van der Waals surface area contributed by atoms with Crippen LogP contribution in [-0.4, -0.2) is 50.7 Å². The summed E-state index contributed by atoms with van der Waals surface area (Å²) < 4.78 is 15.6. The highest BCUT2D eigenvalue weighted by Gasteiger charge is 2.10. The maximum absolute atomic E-state index is 10.6. The van der Waals surface area contributed by atoms with Crippen molar-refractivity contribution in [3.8, 4) is 0 Å². The summed E-state index contributed by atoms with van der Waals surface area (Å²) in [5.41, 5.74) is 0. The van der Waals surface area contributed by atoms with E-state index < -0.39 is 0 Å². The summed E-state index contributed by atoms with van der Waals surface area (Å²) in [6, 6.07) is 0. The molecular weight excluding hydrogens is 212 g/mol. The number of rotatable bonds is 10. The number of ketones is 2. The molecule has 0 aromatic carbocycles. The molecule has 0 fully saturated rings. The molecule has 0 atom stereocenters. The molecule has 0 saturated heterocycles. The largest absolute Gasteiger partial charge is 0.374 e. The zero-order valence-corrected chi connectivity index (χ0v) is 10.2. The Kier molecular flexibility index (Phi) is 8.99. The fraction of sp³-hybridized carbons (Fsp3) is 0.818. The average molecular weight is 232 g/mol. The minimum Gasteiger partial charge on any atom is -0.374 e. The van der Waals surface area contributed by atoms with E-state index in [-0.39, 0.29) is 30.9 Å². The number of hydrogen-bond donors (Lipinski definition) is 0. The summed E-state index contributed by atoms with van der Waals surface area (Å²) in [4.78, 5) is 21.3. The molecule has 5 nitrogen and oxygen atoms in total. The molecule has 0 saturated carbocycles. The molecule has 0 bridgehead atoms. The van der Waals surface area contributed by atoms with Gasteiger partial charge in [-0.25, -0.2) is 0 Å². The molecule has 0 aliphatic heterocycles. The van der Waals surface area contributed by atoms with Crippen molar-refractivity contribution < 1.29 is 23.8 Å². The van der Waals surface area contributed by atoms with Gasteiger partial charge in [-0.15, -0.1) is 0 Å². The van der Waals surface area contributed by atoms with Crippen LogP contribution in [0.2, 0.25) is 0 Å². The van der Waals surface area contributed by atoms with Gasteiger partial charge >= 0.3 is 0 Å². The van der Waals surface area contributed by atoms with E-state index in [4.69, 9.17) is 14.2 Å². The van der Waals surface area contributed by atoms with Crippen molar-refractivity contribution in [3.05, 3.63) is 0 Å². The summed E-state index contributed by atoms with van der Waals surface area (Å²) in [5, 5.41) is 0. The summed E-state index contributed by atoms with van der Waals surface area (Å²) in [6.45, 7) is 6.08. The first-order valence-corrected chi connectivity index (χ1v) is 5.32. The SMILES string of the molecule is CCOC(COCC(C)=O)COCC(C)=O. The van der Waals surface area contributed by atoms with Crippen LogP contribution in [0.25, 0.3) is 0 Å². The normalized spacial score (nSPS) is 10.8. The molecule has 0 radical (unpaired) electrons. The molecule has 0 aliphatic carbocycles. The standard InChI is InChI=1S/C11H20O5/c1-4-16-11(7-14-5-9(2)12)8-15-6-10(3)13/h11H,4-8H2,1-3H3. The molecule has 0 unspecified atom stereocenters. The van der Waals surface area contributed by atoms with Gasteiger partial charge in [0.05, 0.1) is 13.2 Å². The summed E-state index contributed by atoms with van der Waals surface area (Å²) in [7, 11) is 0. The van der Waals surface area contributed by atoms with Crippen molar-refractivity contribution in [2.24, 2.45) is 0 Å². The second-order valence-electron chi connectivity index (χ2n) is 3.51. The Bertz CT molecular complexity index is 194. The Labute approximate surface area is 96.1 Å². The lowest BCUT2D eigenvalue weighted by Gasteiger charge is -2.16. The van der Waals surface area contributed by atoms with E-state index in [2.05, 4.69) is 0 Å². The number of ether oxygens (including phenoxy) is 3. The topological polar surface area (TPSA) is 61.8 Å². The first-order valence-electron chi connectivity index (χ1n) is 5.32. The van der Waals surface area contributed by atoms with Crippen LogP contribution < -0.4 is 0 Å². The van der Waals surface area contributed by atoms with Crippen molar-refractivity contribution in [3.63, 3.8) is 0 Å². The van der Waals surface area contributed by atoms with Crippen molar-refractivity contribution in [1.29, 1.82) is 0 Å². The Morgan fingerprint density at radius 3 is 1.75 bits per heavy atom. The quantitative estimate of drug-likeness (QED) is 0.552. The van der Waals surface area contributed by atoms with Gasteiger partial charge in [-0.3, -0.25) is 9.59 Å². The lowest BCUT2D eigenvalue weighted by Crippen LogP contribution is -2.27. The highest BCUT2D eigenvalue weighted by Crippen LogP contribution is 1.96. The van der Waals surface area contributed by atoms with E-state index in [0.29, 0.717) is 19.8 Å². The minimum absolute atomic E-state index is 0.0279. The van der Waals surface area contributed by atoms with E-state index in [9.17, 15) is 9.59 Å². The van der Waals surface area contributed by atoms with Crippen LogP contribution in [0.1, 0.15) is 20.8 Å². The molecule has 0 aromatic heterocycles. The molecule has 5 heteroatoms. The Hall–Kier alpha value is -0.780. The molecule has 0 aromatic rings. The van der Waals surface area contributed by atoms with Crippen LogP contribution in [0.3, 0.4) is 0 Å². The molecule has 0 aliphatic rings. The molecule has 0 spiro atoms. The molecule has 0 heterocycles. The van der Waals surface area contributed by atoms with Crippen LogP contribution in [0.5, 0.6) is 0 Å². The fourth-order valence-electron chi connectivity index (χ4n) is 1.05. The van der Waals surface area contributed by atoms with Gasteiger partial charge in [0, 0.05) is 6.61 Å². The molecule has 0 amide bonds. The molecule has 0 N–H and O–H groups in total. The highest BCUT2D eigenvalue weighted by molar-refractivity contribution is 5.77. The van der Waals surface area contributed by atoms with E-state index >= 15 is 0 Å². The van der Waals surface area contributed by atoms with Crippen LogP contribution in [0, 0.1) is 0 Å². The van der Waals surface area contributed by atoms with Gasteiger partial charge in [-0.2, -0.15) is 0 Å². The van der Waals surface area contributed by atoms with Crippen LogP contribution in [0.4, 0.5) is 0 Å². The van der Waals surface area contributed by atoms with Crippen molar-refractivity contribution in [1.82, 2.24) is 0 Å². The van der Waals surface area contributed by atoms with Crippen molar-refractivity contribution >= 4 is 11.6 Å². The van der Waals surface area contributed by atoms with Crippen LogP contribution in [0.15, 0.2) is 0 Å². The second-order valence-corrected chi connectivity index (χ2v) is 3.51. The maximum atomic E-state index is 10.6. The fourth-order valence-corrected chi connectivity index (χ4v) is 1.05. The highest BCUT2D eigenvalue weighted by atomic mass is 16.6. The summed E-state index contributed by atoms with van der Waals surface area (Å²) in [6.07, 6.45) is -0.233. The van der Waals surface area contributed by atoms with Crippen molar-refractivity contribution in [2.75, 3.05) is 33.0 Å².